The molecule has 6 heteroatoms. The van der Waals surface area contributed by atoms with Crippen LogP contribution in [0.2, 0.25) is 0 Å². The second-order valence-corrected chi connectivity index (χ2v) is 6.26. The van der Waals surface area contributed by atoms with Crippen molar-refractivity contribution in [3.63, 3.8) is 0 Å². The van der Waals surface area contributed by atoms with Crippen LogP contribution in [-0.4, -0.2) is 23.0 Å². The second-order valence-electron chi connectivity index (χ2n) is 6.26. The van der Waals surface area contributed by atoms with Crippen molar-refractivity contribution >= 4 is 23.2 Å². The Morgan fingerprint density at radius 1 is 0.964 bits per heavy atom. The molecule has 0 aliphatic rings. The largest absolute Gasteiger partial charge is 0.497 e. The normalized spacial score (nSPS) is 10.4. The molecule has 144 valence electrons. The predicted octanol–water partition coefficient (Wildman–Crippen LogP) is 4.61. The number of carbonyl (C=O) groups excluding carboxylic acids is 1. The molecule has 0 atom stereocenters. The van der Waals surface area contributed by atoms with Gasteiger partial charge in [-0.25, -0.2) is 9.97 Å². The third-order valence-electron chi connectivity index (χ3n) is 4.50. The van der Waals surface area contributed by atoms with Gasteiger partial charge in [-0.05, 0) is 48.2 Å². The molecule has 0 saturated carbocycles. The number of hydrogen-bond acceptors (Lipinski definition) is 5. The number of nitrogens with one attached hydrogen (secondary N) is 2. The molecule has 0 spiro atoms. The zero-order valence-electron chi connectivity index (χ0n) is 16.3. The van der Waals surface area contributed by atoms with Crippen LogP contribution in [0, 0.1) is 0 Å². The predicted molar refractivity (Wildman–Crippen MR) is 111 cm³/mol. The maximum Gasteiger partial charge on any atom is 0.258 e. The van der Waals surface area contributed by atoms with E-state index < -0.39 is 0 Å². The summed E-state index contributed by atoms with van der Waals surface area (Å²) in [5.74, 6) is 0.980. The smallest absolute Gasteiger partial charge is 0.258 e. The molecule has 0 radical (unpaired) electrons. The Morgan fingerprint density at radius 2 is 1.57 bits per heavy atom. The first kappa shape index (κ1) is 19.4. The fraction of sp³-hybridized carbons (Fsp3) is 0.227. The Morgan fingerprint density at radius 3 is 2.11 bits per heavy atom. The van der Waals surface area contributed by atoms with Gasteiger partial charge in [0, 0.05) is 23.8 Å². The van der Waals surface area contributed by atoms with Gasteiger partial charge in [-0.15, -0.1) is 0 Å². The highest BCUT2D eigenvalue weighted by Gasteiger charge is 2.13. The number of anilines is 3. The van der Waals surface area contributed by atoms with Crippen molar-refractivity contribution in [2.24, 2.45) is 0 Å². The minimum absolute atomic E-state index is 0.216. The van der Waals surface area contributed by atoms with Gasteiger partial charge in [-0.2, -0.15) is 0 Å². The van der Waals surface area contributed by atoms with Crippen LogP contribution in [0.5, 0.6) is 5.75 Å². The number of benzene rings is 2. The number of hydrogen-bond donors (Lipinski definition) is 2. The van der Waals surface area contributed by atoms with E-state index in [1.807, 2.05) is 42.5 Å². The summed E-state index contributed by atoms with van der Waals surface area (Å²) in [5, 5.41) is 6.12. The number of nitrogens with zero attached hydrogens (tertiary/aromatic N) is 2. The summed E-state index contributed by atoms with van der Waals surface area (Å²) in [6, 6.07) is 13.5. The van der Waals surface area contributed by atoms with Crippen LogP contribution in [0.1, 0.15) is 35.3 Å². The van der Waals surface area contributed by atoms with Crippen LogP contribution in [0.4, 0.5) is 17.3 Å². The molecule has 0 fully saturated rings. The number of rotatable bonds is 7. The molecule has 0 saturated heterocycles. The standard InChI is InChI=1S/C22H24N4O2/c1-4-15-7-6-8-16(5-2)20(15)26-21(27)17-13-23-22(24-14-17)25-18-9-11-19(28-3)12-10-18/h6-14H,4-5H2,1-3H3,(H,26,27)(H,23,24,25). The number of ether oxygens (including phenoxy) is 1. The summed E-state index contributed by atoms with van der Waals surface area (Å²) >= 11 is 0. The molecule has 1 amide bonds. The molecule has 0 aliphatic heterocycles. The minimum Gasteiger partial charge on any atom is -0.497 e. The summed E-state index contributed by atoms with van der Waals surface area (Å²) in [6.07, 6.45) is 4.75. The van der Waals surface area contributed by atoms with E-state index in [-0.39, 0.29) is 5.91 Å². The van der Waals surface area contributed by atoms with E-state index in [1.54, 1.807) is 7.11 Å². The Balaban J connectivity index is 1.72. The average Bonchev–Trinajstić information content (AvgIpc) is 2.75. The van der Waals surface area contributed by atoms with Gasteiger partial charge in [0.15, 0.2) is 0 Å². The molecule has 0 aliphatic carbocycles. The van der Waals surface area contributed by atoms with Gasteiger partial charge in [0.2, 0.25) is 5.95 Å². The van der Waals surface area contributed by atoms with Gasteiger partial charge in [-0.1, -0.05) is 32.0 Å². The monoisotopic (exact) mass is 376 g/mol. The summed E-state index contributed by atoms with van der Waals surface area (Å²) in [6.45, 7) is 4.15. The number of aromatic nitrogens is 2. The summed E-state index contributed by atoms with van der Waals surface area (Å²) in [5.41, 5.74) is 4.37. The SMILES string of the molecule is CCc1cccc(CC)c1NC(=O)c1cnc(Nc2ccc(OC)cc2)nc1. The van der Waals surface area contributed by atoms with E-state index in [1.165, 1.54) is 12.4 Å². The molecule has 3 rings (SSSR count). The van der Waals surface area contributed by atoms with Gasteiger partial charge in [0.25, 0.3) is 5.91 Å². The Kier molecular flexibility index (Phi) is 6.22. The summed E-state index contributed by atoms with van der Waals surface area (Å²) in [7, 11) is 1.62. The van der Waals surface area contributed by atoms with Gasteiger partial charge >= 0.3 is 0 Å². The van der Waals surface area contributed by atoms with E-state index in [9.17, 15) is 4.79 Å². The Hall–Kier alpha value is -3.41. The Labute approximate surface area is 165 Å². The average molecular weight is 376 g/mol. The third kappa shape index (κ3) is 4.46. The van der Waals surface area contributed by atoms with Crippen LogP contribution >= 0.6 is 0 Å². The van der Waals surface area contributed by atoms with Crippen molar-refractivity contribution < 1.29 is 9.53 Å². The highest BCUT2D eigenvalue weighted by Crippen LogP contribution is 2.23. The molecule has 2 N–H and O–H groups in total. The van der Waals surface area contributed by atoms with Gasteiger partial charge in [0.1, 0.15) is 5.75 Å². The van der Waals surface area contributed by atoms with Crippen molar-refractivity contribution in [3.8, 4) is 5.75 Å². The van der Waals surface area contributed by atoms with Crippen molar-refractivity contribution in [3.05, 3.63) is 71.5 Å². The number of para-hydroxylation sites is 1. The molecule has 3 aromatic rings. The van der Waals surface area contributed by atoms with E-state index in [0.29, 0.717) is 11.5 Å². The highest BCUT2D eigenvalue weighted by molar-refractivity contribution is 6.04. The molecule has 1 aromatic heterocycles. The maximum absolute atomic E-state index is 12.7. The van der Waals surface area contributed by atoms with E-state index in [4.69, 9.17) is 4.74 Å². The van der Waals surface area contributed by atoms with Crippen LogP contribution in [0.3, 0.4) is 0 Å². The summed E-state index contributed by atoms with van der Waals surface area (Å²) in [4.78, 5) is 21.2. The lowest BCUT2D eigenvalue weighted by Gasteiger charge is -2.14. The van der Waals surface area contributed by atoms with E-state index in [0.717, 1.165) is 41.1 Å². The van der Waals surface area contributed by atoms with E-state index in [2.05, 4.69) is 34.4 Å². The molecular weight excluding hydrogens is 352 g/mol. The number of methoxy groups -OCH3 is 1. The molecular formula is C22H24N4O2. The lowest BCUT2D eigenvalue weighted by molar-refractivity contribution is 0.102. The van der Waals surface area contributed by atoms with Gasteiger partial charge in [0.05, 0.1) is 12.7 Å². The number of carbonyl (C=O) groups is 1. The van der Waals surface area contributed by atoms with Crippen LogP contribution in [0.25, 0.3) is 0 Å². The van der Waals surface area contributed by atoms with Crippen molar-refractivity contribution in [1.82, 2.24) is 9.97 Å². The fourth-order valence-electron chi connectivity index (χ4n) is 2.90. The molecule has 28 heavy (non-hydrogen) atoms. The van der Waals surface area contributed by atoms with E-state index >= 15 is 0 Å². The van der Waals surface area contributed by atoms with Crippen LogP contribution in [0.15, 0.2) is 54.9 Å². The summed E-state index contributed by atoms with van der Waals surface area (Å²) < 4.78 is 5.14. The lowest BCUT2D eigenvalue weighted by Crippen LogP contribution is -2.15. The maximum atomic E-state index is 12.7. The van der Waals surface area contributed by atoms with Crippen molar-refractivity contribution in [2.75, 3.05) is 17.7 Å². The third-order valence-corrected chi connectivity index (χ3v) is 4.50. The highest BCUT2D eigenvalue weighted by atomic mass is 16.5. The first-order valence-corrected chi connectivity index (χ1v) is 9.29. The van der Waals surface area contributed by atoms with Crippen molar-refractivity contribution in [1.29, 1.82) is 0 Å². The lowest BCUT2D eigenvalue weighted by atomic mass is 10.0. The van der Waals surface area contributed by atoms with Crippen LogP contribution in [-0.2, 0) is 12.8 Å². The molecule has 0 unspecified atom stereocenters. The number of amides is 1. The first-order valence-electron chi connectivity index (χ1n) is 9.29. The second kappa shape index (κ2) is 8.99. The first-order chi connectivity index (χ1) is 13.6. The molecule has 1 heterocycles. The van der Waals surface area contributed by atoms with Crippen LogP contribution < -0.4 is 15.4 Å². The topological polar surface area (TPSA) is 76.1 Å². The zero-order valence-corrected chi connectivity index (χ0v) is 16.3. The van der Waals surface area contributed by atoms with Gasteiger partial charge in [-0.3, -0.25) is 4.79 Å². The fourth-order valence-corrected chi connectivity index (χ4v) is 2.90. The quantitative estimate of drug-likeness (QED) is 0.630. The Bertz CT molecular complexity index is 916. The molecule has 6 nitrogen and oxygen atoms in total. The zero-order chi connectivity index (χ0) is 19.9. The minimum atomic E-state index is -0.216. The number of aryl methyl sites for hydroxylation is 2. The van der Waals surface area contributed by atoms with Gasteiger partial charge < -0.3 is 15.4 Å². The van der Waals surface area contributed by atoms with Crippen molar-refractivity contribution in [2.45, 2.75) is 26.7 Å². The molecule has 0 bridgehead atoms. The molecule has 2 aromatic carbocycles.